The summed E-state index contributed by atoms with van der Waals surface area (Å²) in [6, 6.07) is 8.05. The lowest BCUT2D eigenvalue weighted by Crippen LogP contribution is -2.00. The molecule has 32 heavy (non-hydrogen) atoms. The van der Waals surface area contributed by atoms with Crippen molar-refractivity contribution in [2.45, 2.75) is 97.8 Å². The SMILES string of the molecule is CCCCCCCCCOc1ccc(-c2ncc(OCCCCCC(C)CC)cn2)cc1. The van der Waals surface area contributed by atoms with Gasteiger partial charge in [-0.2, -0.15) is 0 Å². The van der Waals surface area contributed by atoms with Crippen molar-refractivity contribution in [3.63, 3.8) is 0 Å². The van der Waals surface area contributed by atoms with E-state index in [0.29, 0.717) is 5.82 Å². The van der Waals surface area contributed by atoms with Gasteiger partial charge < -0.3 is 9.47 Å². The van der Waals surface area contributed by atoms with E-state index in [0.717, 1.165) is 49.0 Å². The van der Waals surface area contributed by atoms with Crippen LogP contribution in [0.1, 0.15) is 97.8 Å². The molecule has 0 amide bonds. The van der Waals surface area contributed by atoms with Crippen molar-refractivity contribution in [2.24, 2.45) is 5.92 Å². The van der Waals surface area contributed by atoms with Crippen molar-refractivity contribution in [1.29, 1.82) is 0 Å². The maximum Gasteiger partial charge on any atom is 0.159 e. The highest BCUT2D eigenvalue weighted by Gasteiger charge is 2.04. The van der Waals surface area contributed by atoms with E-state index in [9.17, 15) is 0 Å². The number of ether oxygens (including phenoxy) is 2. The molecule has 0 saturated carbocycles. The second-order valence-electron chi connectivity index (χ2n) is 8.95. The molecule has 0 aliphatic carbocycles. The van der Waals surface area contributed by atoms with Gasteiger partial charge in [-0.15, -0.1) is 0 Å². The predicted octanol–water partition coefficient (Wildman–Crippen LogP) is 8.26. The van der Waals surface area contributed by atoms with Crippen LogP contribution in [0.5, 0.6) is 11.5 Å². The second-order valence-corrected chi connectivity index (χ2v) is 8.95. The molecule has 178 valence electrons. The fraction of sp³-hybridized carbons (Fsp3) is 0.643. The first-order chi connectivity index (χ1) is 15.7. The summed E-state index contributed by atoms with van der Waals surface area (Å²) in [5.41, 5.74) is 0.991. The van der Waals surface area contributed by atoms with Crippen molar-refractivity contribution in [3.8, 4) is 22.9 Å². The molecule has 0 radical (unpaired) electrons. The summed E-state index contributed by atoms with van der Waals surface area (Å²) in [7, 11) is 0. The lowest BCUT2D eigenvalue weighted by Gasteiger charge is -2.09. The van der Waals surface area contributed by atoms with E-state index in [1.54, 1.807) is 12.4 Å². The molecule has 0 saturated heterocycles. The number of benzene rings is 1. The number of rotatable bonds is 18. The fourth-order valence-corrected chi connectivity index (χ4v) is 3.66. The third-order valence-corrected chi connectivity index (χ3v) is 6.06. The molecular weight excluding hydrogens is 396 g/mol. The van der Waals surface area contributed by atoms with Gasteiger partial charge in [0.15, 0.2) is 11.6 Å². The average molecular weight is 441 g/mol. The quantitative estimate of drug-likeness (QED) is 0.219. The molecule has 0 aliphatic rings. The van der Waals surface area contributed by atoms with Gasteiger partial charge in [-0.25, -0.2) is 9.97 Å². The number of hydrogen-bond acceptors (Lipinski definition) is 4. The summed E-state index contributed by atoms with van der Waals surface area (Å²) in [5.74, 6) is 3.20. The summed E-state index contributed by atoms with van der Waals surface area (Å²) in [4.78, 5) is 8.94. The van der Waals surface area contributed by atoms with E-state index in [1.165, 1.54) is 64.2 Å². The van der Waals surface area contributed by atoms with Crippen LogP contribution in [0.2, 0.25) is 0 Å². The number of unbranched alkanes of at least 4 members (excludes halogenated alkanes) is 8. The highest BCUT2D eigenvalue weighted by molar-refractivity contribution is 5.56. The molecule has 2 rings (SSSR count). The molecule has 4 nitrogen and oxygen atoms in total. The first kappa shape index (κ1) is 26.2. The van der Waals surface area contributed by atoms with Crippen LogP contribution >= 0.6 is 0 Å². The third-order valence-electron chi connectivity index (χ3n) is 6.06. The van der Waals surface area contributed by atoms with E-state index in [1.807, 2.05) is 24.3 Å². The maximum atomic E-state index is 5.87. The Morgan fingerprint density at radius 3 is 1.88 bits per heavy atom. The second kappa shape index (κ2) is 16.5. The Hall–Kier alpha value is -2.10. The van der Waals surface area contributed by atoms with E-state index >= 15 is 0 Å². The van der Waals surface area contributed by atoms with Crippen molar-refractivity contribution in [3.05, 3.63) is 36.7 Å². The number of hydrogen-bond donors (Lipinski definition) is 0. The smallest absolute Gasteiger partial charge is 0.159 e. The minimum Gasteiger partial charge on any atom is -0.494 e. The zero-order chi connectivity index (χ0) is 22.9. The molecule has 0 aliphatic heterocycles. The monoisotopic (exact) mass is 440 g/mol. The summed E-state index contributed by atoms with van der Waals surface area (Å²) in [6.07, 6.45) is 18.8. The Morgan fingerprint density at radius 2 is 1.25 bits per heavy atom. The van der Waals surface area contributed by atoms with Crippen molar-refractivity contribution in [2.75, 3.05) is 13.2 Å². The van der Waals surface area contributed by atoms with Crippen LogP contribution in [0.25, 0.3) is 11.4 Å². The van der Waals surface area contributed by atoms with Crippen molar-refractivity contribution < 1.29 is 9.47 Å². The van der Waals surface area contributed by atoms with E-state index in [2.05, 4.69) is 30.7 Å². The van der Waals surface area contributed by atoms with Gasteiger partial charge in [0.05, 0.1) is 25.6 Å². The fourth-order valence-electron chi connectivity index (χ4n) is 3.66. The Kier molecular flexibility index (Phi) is 13.5. The molecule has 0 fully saturated rings. The van der Waals surface area contributed by atoms with Gasteiger partial charge in [-0.1, -0.05) is 85.0 Å². The van der Waals surface area contributed by atoms with Crippen LogP contribution in [-0.2, 0) is 0 Å². The molecule has 0 spiro atoms. The van der Waals surface area contributed by atoms with Gasteiger partial charge in [-0.3, -0.25) is 0 Å². The molecule has 1 atom stereocenters. The summed E-state index contributed by atoms with van der Waals surface area (Å²) < 4.78 is 11.7. The van der Waals surface area contributed by atoms with Gasteiger partial charge >= 0.3 is 0 Å². The molecule has 1 heterocycles. The minimum atomic E-state index is 0.713. The van der Waals surface area contributed by atoms with Gasteiger partial charge in [-0.05, 0) is 43.0 Å². The number of aromatic nitrogens is 2. The molecular formula is C28H44N2O2. The largest absolute Gasteiger partial charge is 0.494 e. The van der Waals surface area contributed by atoms with E-state index in [-0.39, 0.29) is 0 Å². The maximum absolute atomic E-state index is 5.87. The van der Waals surface area contributed by atoms with Crippen LogP contribution < -0.4 is 9.47 Å². The standard InChI is InChI=1S/C28H44N2O2/c1-4-6-7-8-9-10-13-20-31-26-18-16-25(17-19-26)28-29-22-27(23-30-28)32-21-14-11-12-15-24(3)5-2/h16-19,22-24H,4-15,20-21H2,1-3H3. The van der Waals surface area contributed by atoms with Gasteiger partial charge in [0.2, 0.25) is 0 Å². The third kappa shape index (κ3) is 11.0. The van der Waals surface area contributed by atoms with E-state index in [4.69, 9.17) is 9.47 Å². The summed E-state index contributed by atoms with van der Waals surface area (Å²) in [6.45, 7) is 8.36. The van der Waals surface area contributed by atoms with Crippen LogP contribution in [0.3, 0.4) is 0 Å². The normalized spacial score (nSPS) is 12.0. The van der Waals surface area contributed by atoms with Crippen LogP contribution in [-0.4, -0.2) is 23.2 Å². The van der Waals surface area contributed by atoms with Crippen LogP contribution in [0.4, 0.5) is 0 Å². The lowest BCUT2D eigenvalue weighted by molar-refractivity contribution is 0.300. The highest BCUT2D eigenvalue weighted by atomic mass is 16.5. The zero-order valence-electron chi connectivity index (χ0n) is 20.7. The molecule has 1 aromatic heterocycles. The molecule has 4 heteroatoms. The van der Waals surface area contributed by atoms with Crippen molar-refractivity contribution in [1.82, 2.24) is 9.97 Å². The Morgan fingerprint density at radius 1 is 0.688 bits per heavy atom. The Balaban J connectivity index is 1.63. The van der Waals surface area contributed by atoms with Crippen molar-refractivity contribution >= 4 is 0 Å². The van der Waals surface area contributed by atoms with Crippen LogP contribution in [0, 0.1) is 5.92 Å². The first-order valence-electron chi connectivity index (χ1n) is 12.9. The molecule has 1 aromatic carbocycles. The minimum absolute atomic E-state index is 0.713. The number of nitrogens with zero attached hydrogens (tertiary/aromatic N) is 2. The molecule has 0 N–H and O–H groups in total. The molecule has 0 bridgehead atoms. The lowest BCUT2D eigenvalue weighted by atomic mass is 10.0. The first-order valence-corrected chi connectivity index (χ1v) is 12.9. The molecule has 2 aromatic rings. The molecule has 1 unspecified atom stereocenters. The van der Waals surface area contributed by atoms with E-state index < -0.39 is 0 Å². The summed E-state index contributed by atoms with van der Waals surface area (Å²) >= 11 is 0. The predicted molar refractivity (Wildman–Crippen MR) is 134 cm³/mol. The van der Waals surface area contributed by atoms with Gasteiger partial charge in [0.1, 0.15) is 5.75 Å². The Labute approximate surface area is 196 Å². The summed E-state index contributed by atoms with van der Waals surface area (Å²) in [5, 5.41) is 0. The Bertz CT molecular complexity index is 700. The van der Waals surface area contributed by atoms with Crippen LogP contribution in [0.15, 0.2) is 36.7 Å². The topological polar surface area (TPSA) is 44.2 Å². The average Bonchev–Trinajstić information content (AvgIpc) is 2.83. The van der Waals surface area contributed by atoms with Gasteiger partial charge in [0, 0.05) is 5.56 Å². The highest BCUT2D eigenvalue weighted by Crippen LogP contribution is 2.21. The zero-order valence-corrected chi connectivity index (χ0v) is 20.7. The van der Waals surface area contributed by atoms with Gasteiger partial charge in [0.25, 0.3) is 0 Å².